The molecule has 21 heavy (non-hydrogen) atoms. The summed E-state index contributed by atoms with van der Waals surface area (Å²) in [4.78, 5) is 16.6. The number of ether oxygens (including phenoxy) is 1. The minimum atomic E-state index is 0.0657. The lowest BCUT2D eigenvalue weighted by molar-refractivity contribution is -0.125. The number of rotatable bonds is 3. The first kappa shape index (κ1) is 14.4. The fraction of sp³-hybridized carbons (Fsp3) is 0.562. The van der Waals surface area contributed by atoms with Crippen molar-refractivity contribution in [1.82, 2.24) is 9.80 Å². The fourth-order valence-electron chi connectivity index (χ4n) is 2.98. The summed E-state index contributed by atoms with van der Waals surface area (Å²) in [7, 11) is 0. The molecule has 0 aliphatic carbocycles. The number of amides is 1. The molecule has 1 aromatic rings. The minimum Gasteiger partial charge on any atom is -0.465 e. The summed E-state index contributed by atoms with van der Waals surface area (Å²) < 4.78 is 10.7. The van der Waals surface area contributed by atoms with E-state index in [0.717, 1.165) is 52.2 Å². The van der Waals surface area contributed by atoms with Gasteiger partial charge in [-0.2, -0.15) is 0 Å². The second-order valence-electron chi connectivity index (χ2n) is 5.58. The van der Waals surface area contributed by atoms with Gasteiger partial charge < -0.3 is 14.1 Å². The Morgan fingerprint density at radius 2 is 2.24 bits per heavy atom. The molecule has 0 spiro atoms. The monoisotopic (exact) mass is 290 g/mol. The van der Waals surface area contributed by atoms with E-state index in [1.807, 2.05) is 17.0 Å². The van der Waals surface area contributed by atoms with E-state index in [1.54, 1.807) is 18.4 Å². The average Bonchev–Trinajstić information content (AvgIpc) is 3.15. The summed E-state index contributed by atoms with van der Waals surface area (Å²) in [5.74, 6) is 0.777. The van der Waals surface area contributed by atoms with Gasteiger partial charge in [-0.1, -0.05) is 0 Å². The van der Waals surface area contributed by atoms with Crippen LogP contribution in [-0.4, -0.2) is 61.1 Å². The van der Waals surface area contributed by atoms with Gasteiger partial charge in [-0.25, -0.2) is 0 Å². The van der Waals surface area contributed by atoms with Gasteiger partial charge in [0.1, 0.15) is 5.76 Å². The molecule has 2 fully saturated rings. The Morgan fingerprint density at radius 1 is 1.29 bits per heavy atom. The maximum atomic E-state index is 12.2. The highest BCUT2D eigenvalue weighted by molar-refractivity contribution is 5.91. The molecule has 2 aliphatic heterocycles. The van der Waals surface area contributed by atoms with Crippen LogP contribution in [0.15, 0.2) is 28.9 Å². The third-order valence-corrected chi connectivity index (χ3v) is 4.20. The number of hydrogen-bond donors (Lipinski definition) is 0. The number of carbonyl (C=O) groups excluding carboxylic acids is 1. The highest BCUT2D eigenvalue weighted by Gasteiger charge is 2.26. The molecule has 2 saturated heterocycles. The van der Waals surface area contributed by atoms with Crippen molar-refractivity contribution in [2.75, 3.05) is 39.4 Å². The third-order valence-electron chi connectivity index (χ3n) is 4.20. The second-order valence-corrected chi connectivity index (χ2v) is 5.58. The Balaban J connectivity index is 1.53. The zero-order chi connectivity index (χ0) is 14.5. The highest BCUT2D eigenvalue weighted by Crippen LogP contribution is 2.15. The van der Waals surface area contributed by atoms with Crippen LogP contribution in [0.3, 0.4) is 0 Å². The lowest BCUT2D eigenvalue weighted by Gasteiger charge is -2.26. The molecule has 0 bridgehead atoms. The summed E-state index contributed by atoms with van der Waals surface area (Å²) >= 11 is 0. The van der Waals surface area contributed by atoms with Crippen LogP contribution in [0, 0.1) is 0 Å². The largest absolute Gasteiger partial charge is 0.465 e. The molecule has 0 saturated carbocycles. The second kappa shape index (κ2) is 6.91. The SMILES string of the molecule is O=C(C=Cc1ccco1)N1CCCN(C2CCOC2)CC1. The number of carbonyl (C=O) groups is 1. The van der Waals surface area contributed by atoms with Crippen LogP contribution in [-0.2, 0) is 9.53 Å². The van der Waals surface area contributed by atoms with Crippen molar-refractivity contribution in [3.8, 4) is 0 Å². The topological polar surface area (TPSA) is 45.9 Å². The molecule has 3 rings (SSSR count). The van der Waals surface area contributed by atoms with E-state index in [2.05, 4.69) is 4.90 Å². The number of hydrogen-bond acceptors (Lipinski definition) is 4. The number of furan rings is 1. The molecule has 1 unspecified atom stereocenters. The summed E-state index contributed by atoms with van der Waals surface area (Å²) in [6, 6.07) is 4.20. The summed E-state index contributed by atoms with van der Waals surface area (Å²) in [5, 5.41) is 0. The van der Waals surface area contributed by atoms with E-state index >= 15 is 0 Å². The van der Waals surface area contributed by atoms with Crippen LogP contribution in [0.4, 0.5) is 0 Å². The lowest BCUT2D eigenvalue weighted by Crippen LogP contribution is -2.39. The third kappa shape index (κ3) is 3.74. The predicted octanol–water partition coefficient (Wildman–Crippen LogP) is 1.62. The molecule has 2 aliphatic rings. The summed E-state index contributed by atoms with van der Waals surface area (Å²) in [5.41, 5.74) is 0. The first-order valence-corrected chi connectivity index (χ1v) is 7.65. The number of nitrogens with zero attached hydrogens (tertiary/aromatic N) is 2. The Morgan fingerprint density at radius 3 is 3.00 bits per heavy atom. The van der Waals surface area contributed by atoms with Crippen molar-refractivity contribution >= 4 is 12.0 Å². The zero-order valence-electron chi connectivity index (χ0n) is 12.2. The lowest BCUT2D eigenvalue weighted by atomic mass is 10.2. The predicted molar refractivity (Wildman–Crippen MR) is 79.7 cm³/mol. The first-order chi connectivity index (χ1) is 10.3. The molecular weight excluding hydrogens is 268 g/mol. The molecule has 1 amide bonds. The van der Waals surface area contributed by atoms with Crippen LogP contribution in [0.5, 0.6) is 0 Å². The van der Waals surface area contributed by atoms with Gasteiger partial charge in [0.25, 0.3) is 0 Å². The van der Waals surface area contributed by atoms with E-state index in [1.165, 1.54) is 0 Å². The highest BCUT2D eigenvalue weighted by atomic mass is 16.5. The van der Waals surface area contributed by atoms with Crippen LogP contribution in [0.25, 0.3) is 6.08 Å². The molecule has 1 atom stereocenters. The molecule has 0 aromatic carbocycles. The van der Waals surface area contributed by atoms with Crippen molar-refractivity contribution in [1.29, 1.82) is 0 Å². The quantitative estimate of drug-likeness (QED) is 0.794. The van der Waals surface area contributed by atoms with Gasteiger partial charge >= 0.3 is 0 Å². The Bertz CT molecular complexity index is 478. The van der Waals surface area contributed by atoms with Crippen molar-refractivity contribution in [3.63, 3.8) is 0 Å². The van der Waals surface area contributed by atoms with E-state index in [0.29, 0.717) is 11.8 Å². The van der Waals surface area contributed by atoms with Crippen molar-refractivity contribution in [2.45, 2.75) is 18.9 Å². The zero-order valence-corrected chi connectivity index (χ0v) is 12.2. The average molecular weight is 290 g/mol. The smallest absolute Gasteiger partial charge is 0.246 e. The van der Waals surface area contributed by atoms with Crippen LogP contribution in [0.1, 0.15) is 18.6 Å². The molecule has 0 radical (unpaired) electrons. The maximum absolute atomic E-state index is 12.2. The molecule has 5 heteroatoms. The summed E-state index contributed by atoms with van der Waals surface area (Å²) in [6.07, 6.45) is 7.09. The van der Waals surface area contributed by atoms with Crippen LogP contribution in [0.2, 0.25) is 0 Å². The van der Waals surface area contributed by atoms with Gasteiger partial charge in [0, 0.05) is 44.9 Å². The van der Waals surface area contributed by atoms with Crippen LogP contribution >= 0.6 is 0 Å². The van der Waals surface area contributed by atoms with Crippen LogP contribution < -0.4 is 0 Å². The van der Waals surface area contributed by atoms with Crippen molar-refractivity contribution < 1.29 is 13.9 Å². The molecule has 114 valence electrons. The molecule has 5 nitrogen and oxygen atoms in total. The van der Waals surface area contributed by atoms with Crippen molar-refractivity contribution in [2.24, 2.45) is 0 Å². The van der Waals surface area contributed by atoms with E-state index in [-0.39, 0.29) is 5.91 Å². The van der Waals surface area contributed by atoms with Gasteiger partial charge in [0.15, 0.2) is 0 Å². The normalized spacial score (nSPS) is 24.6. The van der Waals surface area contributed by atoms with Gasteiger partial charge in [0.05, 0.1) is 12.9 Å². The molecule has 1 aromatic heterocycles. The standard InChI is InChI=1S/C16H22N2O3/c19-16(5-4-15-3-1-11-21-15)18-8-2-7-17(9-10-18)14-6-12-20-13-14/h1,3-5,11,14H,2,6-10,12-13H2. The van der Waals surface area contributed by atoms with Gasteiger partial charge in [-0.3, -0.25) is 9.69 Å². The fourth-order valence-corrected chi connectivity index (χ4v) is 2.98. The molecular formula is C16H22N2O3. The Kier molecular flexibility index (Phi) is 4.72. The van der Waals surface area contributed by atoms with Gasteiger partial charge in [-0.05, 0) is 31.1 Å². The first-order valence-electron chi connectivity index (χ1n) is 7.65. The maximum Gasteiger partial charge on any atom is 0.246 e. The Hall–Kier alpha value is -1.59. The summed E-state index contributed by atoms with van der Waals surface area (Å²) in [6.45, 7) is 5.32. The minimum absolute atomic E-state index is 0.0657. The van der Waals surface area contributed by atoms with E-state index < -0.39 is 0 Å². The van der Waals surface area contributed by atoms with E-state index in [4.69, 9.17) is 9.15 Å². The van der Waals surface area contributed by atoms with Gasteiger partial charge in [0.2, 0.25) is 5.91 Å². The molecule has 0 N–H and O–H groups in total. The molecule has 3 heterocycles. The van der Waals surface area contributed by atoms with Crippen molar-refractivity contribution in [3.05, 3.63) is 30.2 Å². The van der Waals surface area contributed by atoms with E-state index in [9.17, 15) is 4.79 Å². The van der Waals surface area contributed by atoms with Gasteiger partial charge in [-0.15, -0.1) is 0 Å². The Labute approximate surface area is 125 Å².